The van der Waals surface area contributed by atoms with E-state index in [1.165, 1.54) is 11.3 Å². The topological polar surface area (TPSA) is 54.2 Å². The Labute approximate surface area is 132 Å². The number of rotatable bonds is 4. The SMILES string of the molecule is CCCN1c2ccccc2[C@H](Nc2ccc(N)cn2)C[C@@H]1C. The highest BCUT2D eigenvalue weighted by atomic mass is 15.2. The van der Waals surface area contributed by atoms with Crippen molar-refractivity contribution in [1.82, 2.24) is 4.98 Å². The number of para-hydroxylation sites is 1. The van der Waals surface area contributed by atoms with Gasteiger partial charge in [0.25, 0.3) is 0 Å². The lowest BCUT2D eigenvalue weighted by Crippen LogP contribution is -2.40. The Morgan fingerprint density at radius 3 is 2.82 bits per heavy atom. The number of nitrogen functional groups attached to an aromatic ring is 1. The van der Waals surface area contributed by atoms with E-state index >= 15 is 0 Å². The molecule has 0 amide bonds. The molecule has 0 unspecified atom stereocenters. The molecule has 2 atom stereocenters. The van der Waals surface area contributed by atoms with Gasteiger partial charge in [0.05, 0.1) is 17.9 Å². The summed E-state index contributed by atoms with van der Waals surface area (Å²) in [6.07, 6.45) is 3.93. The number of fused-ring (bicyclic) bond motifs is 1. The third kappa shape index (κ3) is 2.86. The molecule has 1 aromatic heterocycles. The molecule has 4 heteroatoms. The van der Waals surface area contributed by atoms with Crippen LogP contribution in [0.15, 0.2) is 42.6 Å². The summed E-state index contributed by atoms with van der Waals surface area (Å²) in [7, 11) is 0. The fourth-order valence-corrected chi connectivity index (χ4v) is 3.26. The van der Waals surface area contributed by atoms with E-state index in [0.29, 0.717) is 11.7 Å². The van der Waals surface area contributed by atoms with Crippen LogP contribution in [0.25, 0.3) is 0 Å². The summed E-state index contributed by atoms with van der Waals surface area (Å²) in [5.41, 5.74) is 9.10. The van der Waals surface area contributed by atoms with Crippen molar-refractivity contribution in [3.05, 3.63) is 48.2 Å². The second-order valence-corrected chi connectivity index (χ2v) is 6.01. The Kier molecular flexibility index (Phi) is 4.18. The molecular formula is C18H24N4. The zero-order chi connectivity index (χ0) is 15.5. The monoisotopic (exact) mass is 296 g/mol. The van der Waals surface area contributed by atoms with Crippen LogP contribution in [0.1, 0.15) is 38.3 Å². The smallest absolute Gasteiger partial charge is 0.126 e. The number of pyridine rings is 1. The summed E-state index contributed by atoms with van der Waals surface area (Å²) < 4.78 is 0. The molecule has 22 heavy (non-hydrogen) atoms. The molecular weight excluding hydrogens is 272 g/mol. The van der Waals surface area contributed by atoms with Crippen molar-refractivity contribution in [2.24, 2.45) is 0 Å². The Morgan fingerprint density at radius 2 is 2.09 bits per heavy atom. The molecule has 0 saturated heterocycles. The minimum Gasteiger partial charge on any atom is -0.397 e. The number of nitrogens with one attached hydrogen (secondary N) is 1. The molecule has 0 radical (unpaired) electrons. The van der Waals surface area contributed by atoms with Crippen molar-refractivity contribution in [3.63, 3.8) is 0 Å². The van der Waals surface area contributed by atoms with E-state index < -0.39 is 0 Å². The molecule has 0 spiro atoms. The van der Waals surface area contributed by atoms with Crippen molar-refractivity contribution >= 4 is 17.2 Å². The van der Waals surface area contributed by atoms with Crippen molar-refractivity contribution in [1.29, 1.82) is 0 Å². The summed E-state index contributed by atoms with van der Waals surface area (Å²) in [5, 5.41) is 3.56. The first-order valence-electron chi connectivity index (χ1n) is 8.02. The highest BCUT2D eigenvalue weighted by molar-refractivity contribution is 5.60. The standard InChI is InChI=1S/C18H24N4/c1-3-10-22-13(2)11-16(15-6-4-5-7-17(15)22)21-18-9-8-14(19)12-20-18/h4-9,12-13,16H,3,10-11,19H2,1-2H3,(H,20,21)/t13-,16+/m0/s1. The van der Waals surface area contributed by atoms with Gasteiger partial charge in [-0.25, -0.2) is 4.98 Å². The van der Waals surface area contributed by atoms with Crippen LogP contribution in [-0.2, 0) is 0 Å². The van der Waals surface area contributed by atoms with Crippen molar-refractivity contribution < 1.29 is 0 Å². The van der Waals surface area contributed by atoms with E-state index in [9.17, 15) is 0 Å². The molecule has 3 N–H and O–H groups in total. The van der Waals surface area contributed by atoms with Gasteiger partial charge in [-0.3, -0.25) is 0 Å². The molecule has 2 heterocycles. The van der Waals surface area contributed by atoms with E-state index in [-0.39, 0.29) is 6.04 Å². The number of nitrogens with zero attached hydrogens (tertiary/aromatic N) is 2. The molecule has 0 saturated carbocycles. The first kappa shape index (κ1) is 14.7. The maximum Gasteiger partial charge on any atom is 0.126 e. The highest BCUT2D eigenvalue weighted by Gasteiger charge is 2.29. The van der Waals surface area contributed by atoms with Crippen LogP contribution in [0.3, 0.4) is 0 Å². The normalized spacial score (nSPS) is 20.5. The van der Waals surface area contributed by atoms with Crippen LogP contribution in [-0.4, -0.2) is 17.6 Å². The predicted molar refractivity (Wildman–Crippen MR) is 93.2 cm³/mol. The summed E-state index contributed by atoms with van der Waals surface area (Å²) in [4.78, 5) is 6.89. The second-order valence-electron chi connectivity index (χ2n) is 6.01. The molecule has 0 aliphatic carbocycles. The first-order chi connectivity index (χ1) is 10.7. The summed E-state index contributed by atoms with van der Waals surface area (Å²) in [6, 6.07) is 13.3. The maximum absolute atomic E-state index is 5.71. The van der Waals surface area contributed by atoms with Crippen molar-refractivity contribution in [3.8, 4) is 0 Å². The molecule has 1 aliphatic rings. The van der Waals surface area contributed by atoms with Crippen LogP contribution in [0, 0.1) is 0 Å². The number of nitrogens with two attached hydrogens (primary N) is 1. The minimum atomic E-state index is 0.287. The van der Waals surface area contributed by atoms with Gasteiger partial charge in [0.1, 0.15) is 5.82 Å². The van der Waals surface area contributed by atoms with Gasteiger partial charge in [0.15, 0.2) is 0 Å². The molecule has 1 aromatic carbocycles. The summed E-state index contributed by atoms with van der Waals surface area (Å²) in [6.45, 7) is 5.64. The van der Waals surface area contributed by atoms with Gasteiger partial charge in [0.2, 0.25) is 0 Å². The van der Waals surface area contributed by atoms with E-state index in [2.05, 4.69) is 53.3 Å². The van der Waals surface area contributed by atoms with Crippen LogP contribution in [0.5, 0.6) is 0 Å². The van der Waals surface area contributed by atoms with Gasteiger partial charge in [0, 0.05) is 18.3 Å². The fraction of sp³-hybridized carbons (Fsp3) is 0.389. The Hall–Kier alpha value is -2.23. The van der Waals surface area contributed by atoms with Gasteiger partial charge in [-0.15, -0.1) is 0 Å². The zero-order valence-corrected chi connectivity index (χ0v) is 13.3. The lowest BCUT2D eigenvalue weighted by Gasteiger charge is -2.41. The Balaban J connectivity index is 1.89. The van der Waals surface area contributed by atoms with Crippen LogP contribution in [0.2, 0.25) is 0 Å². The van der Waals surface area contributed by atoms with E-state index in [1.807, 2.05) is 12.1 Å². The lowest BCUT2D eigenvalue weighted by molar-refractivity contribution is 0.512. The summed E-state index contributed by atoms with van der Waals surface area (Å²) in [5.74, 6) is 0.880. The van der Waals surface area contributed by atoms with E-state index in [0.717, 1.165) is 25.2 Å². The fourth-order valence-electron chi connectivity index (χ4n) is 3.26. The summed E-state index contributed by atoms with van der Waals surface area (Å²) >= 11 is 0. The van der Waals surface area contributed by atoms with Crippen molar-refractivity contribution in [2.75, 3.05) is 22.5 Å². The molecule has 1 aliphatic heterocycles. The maximum atomic E-state index is 5.71. The van der Waals surface area contributed by atoms with Gasteiger partial charge in [-0.2, -0.15) is 0 Å². The van der Waals surface area contributed by atoms with Gasteiger partial charge >= 0.3 is 0 Å². The van der Waals surface area contributed by atoms with Crippen LogP contribution < -0.4 is 16.0 Å². The average molecular weight is 296 g/mol. The molecule has 2 aromatic rings. The third-order valence-electron chi connectivity index (χ3n) is 4.30. The largest absolute Gasteiger partial charge is 0.397 e. The minimum absolute atomic E-state index is 0.287. The second kappa shape index (κ2) is 6.26. The number of hydrogen-bond donors (Lipinski definition) is 2. The number of anilines is 3. The number of aromatic nitrogens is 1. The molecule has 3 rings (SSSR count). The molecule has 0 bridgehead atoms. The van der Waals surface area contributed by atoms with Crippen LogP contribution >= 0.6 is 0 Å². The molecule has 0 fully saturated rings. The molecule has 116 valence electrons. The highest BCUT2D eigenvalue weighted by Crippen LogP contribution is 2.38. The van der Waals surface area contributed by atoms with E-state index in [1.54, 1.807) is 6.20 Å². The predicted octanol–water partition coefficient (Wildman–Crippen LogP) is 3.83. The van der Waals surface area contributed by atoms with Gasteiger partial charge in [-0.1, -0.05) is 25.1 Å². The van der Waals surface area contributed by atoms with Gasteiger partial charge in [-0.05, 0) is 43.5 Å². The number of benzene rings is 1. The average Bonchev–Trinajstić information content (AvgIpc) is 2.53. The van der Waals surface area contributed by atoms with Crippen LogP contribution in [0.4, 0.5) is 17.2 Å². The Bertz CT molecular complexity index is 623. The quantitative estimate of drug-likeness (QED) is 0.900. The molecule has 4 nitrogen and oxygen atoms in total. The van der Waals surface area contributed by atoms with Gasteiger partial charge < -0.3 is 16.0 Å². The Morgan fingerprint density at radius 1 is 1.27 bits per heavy atom. The number of hydrogen-bond acceptors (Lipinski definition) is 4. The lowest BCUT2D eigenvalue weighted by atomic mass is 9.91. The first-order valence-corrected chi connectivity index (χ1v) is 8.02. The van der Waals surface area contributed by atoms with Crippen molar-refractivity contribution in [2.45, 2.75) is 38.8 Å². The zero-order valence-electron chi connectivity index (χ0n) is 13.3. The van der Waals surface area contributed by atoms with E-state index in [4.69, 9.17) is 5.73 Å². The third-order valence-corrected chi connectivity index (χ3v) is 4.30.